The van der Waals surface area contributed by atoms with Gasteiger partial charge in [0.1, 0.15) is 11.7 Å². The van der Waals surface area contributed by atoms with E-state index in [1.165, 1.54) is 16.9 Å². The van der Waals surface area contributed by atoms with E-state index in [1.807, 2.05) is 18.2 Å². The van der Waals surface area contributed by atoms with Crippen LogP contribution in [0.15, 0.2) is 41.2 Å². The van der Waals surface area contributed by atoms with Gasteiger partial charge in [-0.1, -0.05) is 30.3 Å². The monoisotopic (exact) mass is 344 g/mol. The first kappa shape index (κ1) is 16.6. The van der Waals surface area contributed by atoms with Crippen LogP contribution in [0.5, 0.6) is 0 Å². The summed E-state index contributed by atoms with van der Waals surface area (Å²) in [5, 5.41) is 1.70. The van der Waals surface area contributed by atoms with Crippen LogP contribution in [-0.2, 0) is 11.2 Å². The molecule has 1 unspecified atom stereocenters. The van der Waals surface area contributed by atoms with Crippen molar-refractivity contribution in [2.75, 3.05) is 26.2 Å². The van der Waals surface area contributed by atoms with E-state index in [4.69, 9.17) is 5.73 Å². The van der Waals surface area contributed by atoms with Crippen molar-refractivity contribution in [1.82, 2.24) is 14.8 Å². The number of aromatic nitrogens is 1. The quantitative estimate of drug-likeness (QED) is 0.877. The fraction of sp³-hybridized carbons (Fsp3) is 0.353. The number of piperazine rings is 1. The van der Waals surface area contributed by atoms with Crippen molar-refractivity contribution in [2.45, 2.75) is 12.5 Å². The molecule has 1 fully saturated rings. The zero-order valence-corrected chi connectivity index (χ0v) is 14.1. The third-order valence-corrected chi connectivity index (χ3v) is 4.85. The molecule has 1 atom stereocenters. The largest absolute Gasteiger partial charge is 0.368 e. The molecule has 6 nitrogen and oxygen atoms in total. The third-order valence-electron chi connectivity index (χ3n) is 4.26. The van der Waals surface area contributed by atoms with Crippen molar-refractivity contribution in [3.05, 3.63) is 52.5 Å². The number of nitrogens with zero attached hydrogens (tertiary/aromatic N) is 3. The summed E-state index contributed by atoms with van der Waals surface area (Å²) >= 11 is 1.36. The molecule has 1 aliphatic rings. The summed E-state index contributed by atoms with van der Waals surface area (Å²) in [4.78, 5) is 32.1. The van der Waals surface area contributed by atoms with E-state index < -0.39 is 11.9 Å². The Balaban J connectivity index is 1.63. The normalized spacial score (nSPS) is 18.5. The molecule has 0 spiro atoms. The van der Waals surface area contributed by atoms with E-state index in [9.17, 15) is 9.59 Å². The van der Waals surface area contributed by atoms with Gasteiger partial charge in [-0.3, -0.25) is 14.5 Å². The number of carbonyl (C=O) groups excluding carboxylic acids is 2. The number of rotatable bonds is 5. The van der Waals surface area contributed by atoms with Crippen molar-refractivity contribution >= 4 is 23.2 Å². The zero-order valence-electron chi connectivity index (χ0n) is 13.3. The van der Waals surface area contributed by atoms with Gasteiger partial charge < -0.3 is 10.6 Å². The molecular formula is C17H20N4O2S. The Bertz CT molecular complexity index is 690. The Kier molecular flexibility index (Phi) is 5.22. The highest BCUT2D eigenvalue weighted by atomic mass is 32.1. The maximum absolute atomic E-state index is 12.5. The first-order valence-electron chi connectivity index (χ1n) is 7.90. The lowest BCUT2D eigenvalue weighted by molar-refractivity contribution is -0.124. The van der Waals surface area contributed by atoms with Crippen LogP contribution in [0.3, 0.4) is 0 Å². The highest BCUT2D eigenvalue weighted by molar-refractivity contribution is 7.07. The molecule has 2 amide bonds. The molecule has 1 saturated heterocycles. The van der Waals surface area contributed by atoms with Crippen LogP contribution >= 0.6 is 11.3 Å². The van der Waals surface area contributed by atoms with E-state index in [2.05, 4.69) is 22.0 Å². The van der Waals surface area contributed by atoms with E-state index in [0.29, 0.717) is 18.8 Å². The van der Waals surface area contributed by atoms with Crippen molar-refractivity contribution < 1.29 is 9.59 Å². The smallest absolute Gasteiger partial charge is 0.274 e. The molecule has 2 aromatic rings. The number of nitrogens with two attached hydrogens (primary N) is 1. The molecule has 1 aromatic carbocycles. The van der Waals surface area contributed by atoms with E-state index in [-0.39, 0.29) is 5.91 Å². The Labute approximate surface area is 144 Å². The van der Waals surface area contributed by atoms with Gasteiger partial charge >= 0.3 is 0 Å². The van der Waals surface area contributed by atoms with Gasteiger partial charge in [0, 0.05) is 31.6 Å². The summed E-state index contributed by atoms with van der Waals surface area (Å²) in [6.07, 6.45) is 0.909. The van der Waals surface area contributed by atoms with Crippen molar-refractivity contribution in [3.63, 3.8) is 0 Å². The predicted octanol–water partition coefficient (Wildman–Crippen LogP) is 0.997. The summed E-state index contributed by atoms with van der Waals surface area (Å²) in [5.41, 5.74) is 8.79. The Hall–Kier alpha value is -2.25. The second-order valence-corrected chi connectivity index (χ2v) is 6.55. The molecule has 0 aliphatic carbocycles. The highest BCUT2D eigenvalue weighted by Crippen LogP contribution is 2.15. The molecule has 0 saturated carbocycles. The number of primary amides is 1. The van der Waals surface area contributed by atoms with E-state index in [1.54, 1.807) is 15.8 Å². The molecule has 3 rings (SSSR count). The zero-order chi connectivity index (χ0) is 16.9. The molecular weight excluding hydrogens is 324 g/mol. The molecule has 126 valence electrons. The van der Waals surface area contributed by atoms with Gasteiger partial charge in [0.15, 0.2) is 0 Å². The predicted molar refractivity (Wildman–Crippen MR) is 92.7 cm³/mol. The van der Waals surface area contributed by atoms with Crippen LogP contribution in [0, 0.1) is 0 Å². The number of amides is 2. The average Bonchev–Trinajstić information content (AvgIpc) is 3.14. The van der Waals surface area contributed by atoms with Crippen molar-refractivity contribution in [3.8, 4) is 0 Å². The molecule has 2 heterocycles. The second kappa shape index (κ2) is 7.55. The van der Waals surface area contributed by atoms with Gasteiger partial charge in [-0.2, -0.15) is 0 Å². The van der Waals surface area contributed by atoms with Gasteiger partial charge in [0.2, 0.25) is 5.91 Å². The minimum Gasteiger partial charge on any atom is -0.368 e. The minimum absolute atomic E-state index is 0.220. The van der Waals surface area contributed by atoms with Gasteiger partial charge in [-0.15, -0.1) is 11.3 Å². The Morgan fingerprint density at radius 2 is 2.04 bits per heavy atom. The minimum atomic E-state index is -0.608. The van der Waals surface area contributed by atoms with Crippen LogP contribution in [0.25, 0.3) is 0 Å². The molecule has 7 heteroatoms. The molecule has 0 radical (unpaired) electrons. The Morgan fingerprint density at radius 1 is 1.25 bits per heavy atom. The van der Waals surface area contributed by atoms with Crippen molar-refractivity contribution in [1.29, 1.82) is 0 Å². The summed E-state index contributed by atoms with van der Waals surface area (Å²) in [7, 11) is 0. The van der Waals surface area contributed by atoms with E-state index >= 15 is 0 Å². The van der Waals surface area contributed by atoms with Gasteiger partial charge in [-0.05, 0) is 12.0 Å². The van der Waals surface area contributed by atoms with Crippen LogP contribution in [0.4, 0.5) is 0 Å². The van der Waals surface area contributed by atoms with Crippen LogP contribution < -0.4 is 5.73 Å². The van der Waals surface area contributed by atoms with Crippen molar-refractivity contribution in [2.24, 2.45) is 5.73 Å². The lowest BCUT2D eigenvalue weighted by Crippen LogP contribution is -2.60. The Morgan fingerprint density at radius 3 is 2.71 bits per heavy atom. The number of thiazole rings is 1. The molecule has 1 aromatic heterocycles. The SMILES string of the molecule is NC(=O)C1CN(CCc2ccccc2)CCN1C(=O)c1cscn1. The first-order valence-corrected chi connectivity index (χ1v) is 8.84. The highest BCUT2D eigenvalue weighted by Gasteiger charge is 2.34. The number of hydrogen-bond donors (Lipinski definition) is 1. The van der Waals surface area contributed by atoms with Gasteiger partial charge in [0.05, 0.1) is 5.51 Å². The fourth-order valence-corrected chi connectivity index (χ4v) is 3.45. The fourth-order valence-electron chi connectivity index (χ4n) is 2.93. The maximum Gasteiger partial charge on any atom is 0.274 e. The third kappa shape index (κ3) is 3.80. The van der Waals surface area contributed by atoms with Gasteiger partial charge in [-0.25, -0.2) is 4.98 Å². The van der Waals surface area contributed by atoms with Crippen LogP contribution in [0.2, 0.25) is 0 Å². The molecule has 2 N–H and O–H groups in total. The molecule has 0 bridgehead atoms. The summed E-state index contributed by atoms with van der Waals surface area (Å²) < 4.78 is 0. The standard InChI is InChI=1S/C17H20N4O2S/c18-16(22)15-10-20(7-6-13-4-2-1-3-5-13)8-9-21(15)17(23)14-11-24-12-19-14/h1-5,11-12,15H,6-10H2,(H2,18,22). The van der Waals surface area contributed by atoms with Gasteiger partial charge in [0.25, 0.3) is 5.91 Å². The summed E-state index contributed by atoms with van der Waals surface area (Å²) in [5.74, 6) is -0.689. The lowest BCUT2D eigenvalue weighted by Gasteiger charge is -2.39. The molecule has 24 heavy (non-hydrogen) atoms. The lowest BCUT2D eigenvalue weighted by atomic mass is 10.1. The first-order chi connectivity index (χ1) is 11.6. The summed E-state index contributed by atoms with van der Waals surface area (Å²) in [6.45, 7) is 2.52. The summed E-state index contributed by atoms with van der Waals surface area (Å²) in [6, 6.07) is 9.61. The average molecular weight is 344 g/mol. The number of carbonyl (C=O) groups is 2. The number of hydrogen-bond acceptors (Lipinski definition) is 5. The van der Waals surface area contributed by atoms with E-state index in [0.717, 1.165) is 19.5 Å². The topological polar surface area (TPSA) is 79.5 Å². The second-order valence-electron chi connectivity index (χ2n) is 5.83. The molecule has 1 aliphatic heterocycles. The maximum atomic E-state index is 12.5. The van der Waals surface area contributed by atoms with Crippen LogP contribution in [0.1, 0.15) is 16.1 Å². The van der Waals surface area contributed by atoms with Crippen LogP contribution in [-0.4, -0.2) is 58.8 Å². The number of benzene rings is 1.